The third kappa shape index (κ3) is 7.07. The number of ether oxygens (including phenoxy) is 5. The molecule has 2 heterocycles. The Morgan fingerprint density at radius 3 is 2.00 bits per heavy atom. The number of methoxy groups -OCH3 is 1. The predicted molar refractivity (Wildman–Crippen MR) is 205 cm³/mol. The Morgan fingerprint density at radius 2 is 1.36 bits per heavy atom. The molecule has 3 aromatic carbocycles. The van der Waals surface area contributed by atoms with Gasteiger partial charge in [0.2, 0.25) is 0 Å². The van der Waals surface area contributed by atoms with E-state index in [1.807, 2.05) is 0 Å². The van der Waals surface area contributed by atoms with E-state index in [0.717, 1.165) is 12.1 Å². The minimum absolute atomic E-state index is 0.0157. The number of carbonyl (C=O) groups excluding carboxylic acids is 3. The number of likely N-dealkylation sites (N-methyl/N-ethyl adjacent to an activating group) is 1. The van der Waals surface area contributed by atoms with E-state index in [1.165, 1.54) is 47.1 Å². The number of hydrogen-bond donors (Lipinski definition) is 11. The molecular formula is C41H46N2O18. The molecule has 13 atom stereocenters. The van der Waals surface area contributed by atoms with Gasteiger partial charge in [-0.1, -0.05) is 6.07 Å². The lowest BCUT2D eigenvalue weighted by Gasteiger charge is -2.48. The van der Waals surface area contributed by atoms with E-state index >= 15 is 0 Å². The SMILES string of the molecule is CN[C@@H]1[C@H](O[C@@H]2O[C@H](C)[C@H](O)[C@H](O)[C@H]2O)[C@@H](O)[C@H](O[C@H]2c3cc(C)c(C(=O)N[C@H](C)C(=O)O)c(O)c3-c3c(cc4c(c3O)C(=O)c3cc(OC)cc(O)c3C4=O)[C@@H]2O)O[C@@H]1C. The molecule has 0 unspecified atom stereocenters. The minimum atomic E-state index is -1.90. The summed E-state index contributed by atoms with van der Waals surface area (Å²) in [6, 6.07) is 2.43. The van der Waals surface area contributed by atoms with Gasteiger partial charge in [0.15, 0.2) is 24.1 Å². The van der Waals surface area contributed by atoms with Crippen molar-refractivity contribution in [2.75, 3.05) is 14.2 Å². The summed E-state index contributed by atoms with van der Waals surface area (Å²) in [5, 5.41) is 105. The van der Waals surface area contributed by atoms with Gasteiger partial charge in [0, 0.05) is 28.3 Å². The lowest BCUT2D eigenvalue weighted by Crippen LogP contribution is -2.66. The van der Waals surface area contributed by atoms with Crippen LogP contribution in [-0.4, -0.2) is 151 Å². The summed E-state index contributed by atoms with van der Waals surface area (Å²) < 4.78 is 29.3. The molecule has 328 valence electrons. The molecule has 2 aliphatic heterocycles. The smallest absolute Gasteiger partial charge is 0.325 e. The van der Waals surface area contributed by atoms with E-state index in [4.69, 9.17) is 23.7 Å². The number of amides is 1. The third-order valence-electron chi connectivity index (χ3n) is 11.8. The van der Waals surface area contributed by atoms with Crippen LogP contribution < -0.4 is 15.4 Å². The van der Waals surface area contributed by atoms with E-state index in [9.17, 15) is 65.1 Å². The number of phenolic OH excluding ortho intramolecular Hbond substituents is 3. The van der Waals surface area contributed by atoms with E-state index in [2.05, 4.69) is 10.6 Å². The van der Waals surface area contributed by atoms with Gasteiger partial charge in [-0.2, -0.15) is 0 Å². The van der Waals surface area contributed by atoms with Crippen molar-refractivity contribution in [3.8, 4) is 34.1 Å². The summed E-state index contributed by atoms with van der Waals surface area (Å²) in [6.45, 7) is 5.61. The van der Waals surface area contributed by atoms with Crippen LogP contribution in [0.2, 0.25) is 0 Å². The number of hydrogen-bond acceptors (Lipinski definition) is 18. The Kier molecular flexibility index (Phi) is 11.6. The first-order chi connectivity index (χ1) is 28.7. The zero-order chi connectivity index (χ0) is 44.7. The molecule has 0 radical (unpaired) electrons. The average Bonchev–Trinajstić information content (AvgIpc) is 3.20. The standard InChI is InChI=1S/C41H46N2O18/c1-11-7-19-24(31(49)21(11)38(54)43-12(2)39(55)56)23-17(10-18-25(32(23)50)29(47)16-8-15(57-6)9-20(44)22(16)28(18)46)30(48)36(19)60-41-35(53)37(26(42-5)13(3)58-41)61-40-34(52)33(51)27(45)14(4)59-40/h7-10,12-14,26-27,30,33-37,40-42,44-45,48-53H,1-6H3,(H,43,54)(H,55,56)/t12-,13-,14-,26+,27+,30+,33+,34-,35-,36+,37+,40+,41+/m1/s1. The topological polar surface area (TPSA) is 321 Å². The van der Waals surface area contributed by atoms with Crippen LogP contribution in [0.15, 0.2) is 24.3 Å². The summed E-state index contributed by atoms with van der Waals surface area (Å²) >= 11 is 0. The van der Waals surface area contributed by atoms with Crippen LogP contribution in [0.1, 0.15) is 91.9 Å². The van der Waals surface area contributed by atoms with E-state index in [0.29, 0.717) is 0 Å². The molecular weight excluding hydrogens is 808 g/mol. The fraction of sp³-hybridized carbons (Fsp3) is 0.463. The van der Waals surface area contributed by atoms with E-state index in [1.54, 1.807) is 6.92 Å². The third-order valence-corrected chi connectivity index (χ3v) is 11.8. The normalized spacial score (nSPS) is 31.0. The lowest BCUT2D eigenvalue weighted by molar-refractivity contribution is -0.348. The fourth-order valence-electron chi connectivity index (χ4n) is 8.52. The number of ketones is 2. The number of carboxylic acid groups (broad SMARTS) is 1. The second-order valence-corrected chi connectivity index (χ2v) is 15.6. The van der Waals surface area contributed by atoms with Crippen molar-refractivity contribution < 1.29 is 88.8 Å². The van der Waals surface area contributed by atoms with Gasteiger partial charge in [0.25, 0.3) is 5.91 Å². The van der Waals surface area contributed by atoms with Gasteiger partial charge in [-0.25, -0.2) is 0 Å². The molecule has 20 heteroatoms. The average molecular weight is 855 g/mol. The van der Waals surface area contributed by atoms with Crippen molar-refractivity contribution >= 4 is 23.4 Å². The van der Waals surface area contributed by atoms with E-state index < -0.39 is 148 Å². The molecule has 0 aromatic heterocycles. The summed E-state index contributed by atoms with van der Waals surface area (Å²) in [5.74, 6) is -6.64. The molecule has 20 nitrogen and oxygen atoms in total. The van der Waals surface area contributed by atoms with Gasteiger partial charge in [-0.3, -0.25) is 19.2 Å². The highest BCUT2D eigenvalue weighted by atomic mass is 16.7. The number of aliphatic carboxylic acids is 1. The number of aliphatic hydroxyl groups excluding tert-OH is 5. The van der Waals surface area contributed by atoms with Crippen LogP contribution in [0.5, 0.6) is 23.0 Å². The highest BCUT2D eigenvalue weighted by Crippen LogP contribution is 2.57. The number of fused-ring (bicyclic) bond motifs is 5. The Balaban J connectivity index is 1.36. The van der Waals surface area contributed by atoms with Crippen LogP contribution in [0, 0.1) is 6.92 Å². The lowest BCUT2D eigenvalue weighted by atomic mass is 9.74. The number of phenols is 3. The molecule has 4 aliphatic rings. The Labute approximate surface area is 346 Å². The van der Waals surface area contributed by atoms with E-state index in [-0.39, 0.29) is 33.6 Å². The van der Waals surface area contributed by atoms with Gasteiger partial charge in [0.05, 0.1) is 42.0 Å². The van der Waals surface area contributed by atoms with Crippen molar-refractivity contribution in [3.63, 3.8) is 0 Å². The van der Waals surface area contributed by atoms with Crippen molar-refractivity contribution in [1.82, 2.24) is 10.6 Å². The molecule has 61 heavy (non-hydrogen) atoms. The molecule has 2 aliphatic carbocycles. The first kappa shape index (κ1) is 43.8. The number of carboxylic acids is 1. The van der Waals surface area contributed by atoms with Gasteiger partial charge in [0.1, 0.15) is 71.8 Å². The number of benzene rings is 3. The van der Waals surface area contributed by atoms with Gasteiger partial charge >= 0.3 is 5.97 Å². The molecule has 1 amide bonds. The van der Waals surface area contributed by atoms with Gasteiger partial charge in [-0.15, -0.1) is 0 Å². The number of rotatable bonds is 9. The van der Waals surface area contributed by atoms with Crippen LogP contribution in [0.3, 0.4) is 0 Å². The van der Waals surface area contributed by atoms with Crippen molar-refractivity contribution in [1.29, 1.82) is 0 Å². The van der Waals surface area contributed by atoms with Crippen LogP contribution >= 0.6 is 0 Å². The van der Waals surface area contributed by atoms with Crippen LogP contribution in [0.25, 0.3) is 11.1 Å². The monoisotopic (exact) mass is 854 g/mol. The first-order valence-electron chi connectivity index (χ1n) is 19.2. The molecule has 0 saturated carbocycles. The molecule has 11 N–H and O–H groups in total. The van der Waals surface area contributed by atoms with Gasteiger partial charge < -0.3 is 80.3 Å². The van der Waals surface area contributed by atoms with Crippen LogP contribution in [0.4, 0.5) is 0 Å². The highest BCUT2D eigenvalue weighted by Gasteiger charge is 2.52. The summed E-state index contributed by atoms with van der Waals surface area (Å²) in [6.07, 6.45) is -16.7. The number of carbonyl (C=O) groups is 4. The van der Waals surface area contributed by atoms with Gasteiger partial charge in [-0.05, 0) is 63.6 Å². The predicted octanol–water partition coefficient (Wildman–Crippen LogP) is -0.223. The molecule has 2 fully saturated rings. The number of aliphatic hydroxyl groups is 5. The first-order valence-corrected chi connectivity index (χ1v) is 19.2. The summed E-state index contributed by atoms with van der Waals surface area (Å²) in [7, 11) is 2.80. The minimum Gasteiger partial charge on any atom is -0.507 e. The number of aryl methyl sites for hydroxylation is 1. The molecule has 3 aromatic rings. The maximum Gasteiger partial charge on any atom is 0.325 e. The summed E-state index contributed by atoms with van der Waals surface area (Å²) in [5.41, 5.74) is -3.36. The molecule has 7 rings (SSSR count). The zero-order valence-corrected chi connectivity index (χ0v) is 33.5. The zero-order valence-electron chi connectivity index (χ0n) is 33.5. The fourth-order valence-corrected chi connectivity index (χ4v) is 8.52. The maximum atomic E-state index is 14.1. The Morgan fingerprint density at radius 1 is 0.754 bits per heavy atom. The van der Waals surface area contributed by atoms with Crippen LogP contribution in [-0.2, 0) is 23.7 Å². The van der Waals surface area contributed by atoms with Crippen molar-refractivity contribution in [2.24, 2.45) is 0 Å². The molecule has 2 saturated heterocycles. The molecule has 0 spiro atoms. The quantitative estimate of drug-likeness (QED) is 0.104. The maximum absolute atomic E-state index is 14.1. The summed E-state index contributed by atoms with van der Waals surface area (Å²) in [4.78, 5) is 53.4. The number of aromatic hydroxyl groups is 3. The Hall–Kier alpha value is -5.26. The van der Waals surface area contributed by atoms with Crippen molar-refractivity contribution in [3.05, 3.63) is 68.8 Å². The molecule has 0 bridgehead atoms. The largest absolute Gasteiger partial charge is 0.507 e. The highest BCUT2D eigenvalue weighted by molar-refractivity contribution is 6.31. The van der Waals surface area contributed by atoms with Crippen molar-refractivity contribution in [2.45, 2.75) is 107 Å². The number of nitrogens with one attached hydrogen (secondary N) is 2. The second-order valence-electron chi connectivity index (χ2n) is 15.6. The Bertz CT molecular complexity index is 2320. The second kappa shape index (κ2) is 16.2.